The zero-order valence-corrected chi connectivity index (χ0v) is 19.8. The summed E-state index contributed by atoms with van der Waals surface area (Å²) in [5.41, 5.74) is 3.10. The molecule has 0 aliphatic carbocycles. The molecule has 1 aliphatic heterocycles. The van der Waals surface area contributed by atoms with Gasteiger partial charge in [-0.05, 0) is 40.3 Å². The van der Waals surface area contributed by atoms with Gasteiger partial charge in [0.15, 0.2) is 0 Å². The Labute approximate surface area is 199 Å². The molecule has 0 spiro atoms. The minimum atomic E-state index is -0.736. The number of amides is 1. The number of methoxy groups -OCH3 is 1. The van der Waals surface area contributed by atoms with Gasteiger partial charge < -0.3 is 14.7 Å². The minimum absolute atomic E-state index is 0.0450. The maximum absolute atomic E-state index is 13.2. The van der Waals surface area contributed by atoms with E-state index < -0.39 is 17.7 Å². The van der Waals surface area contributed by atoms with Crippen molar-refractivity contribution < 1.29 is 19.4 Å². The van der Waals surface area contributed by atoms with Gasteiger partial charge in [0.2, 0.25) is 0 Å². The van der Waals surface area contributed by atoms with Gasteiger partial charge in [-0.3, -0.25) is 14.6 Å². The number of ether oxygens (including phenoxy) is 1. The van der Waals surface area contributed by atoms with Crippen LogP contribution in [0.4, 0.5) is 0 Å². The fourth-order valence-corrected chi connectivity index (χ4v) is 4.17. The molecule has 1 N–H and O–H groups in total. The van der Waals surface area contributed by atoms with Gasteiger partial charge in [0.05, 0.1) is 18.7 Å². The highest BCUT2D eigenvalue weighted by Gasteiger charge is 2.46. The molecule has 34 heavy (non-hydrogen) atoms. The lowest BCUT2D eigenvalue weighted by Gasteiger charge is -2.26. The molecular weight excluding hydrogens is 428 g/mol. The van der Waals surface area contributed by atoms with Crippen LogP contribution in [0.3, 0.4) is 0 Å². The Balaban J connectivity index is 1.86. The van der Waals surface area contributed by atoms with Gasteiger partial charge >= 0.3 is 0 Å². The van der Waals surface area contributed by atoms with E-state index in [0.717, 1.165) is 16.7 Å². The third-order valence-corrected chi connectivity index (χ3v) is 6.05. The van der Waals surface area contributed by atoms with Crippen molar-refractivity contribution in [1.29, 1.82) is 0 Å². The number of carbonyl (C=O) groups excluding carboxylic acids is 2. The topological polar surface area (TPSA) is 79.7 Å². The van der Waals surface area contributed by atoms with E-state index in [-0.39, 0.29) is 23.3 Å². The number of likely N-dealkylation sites (tertiary alicyclic amines) is 1. The first-order valence-corrected chi connectivity index (χ1v) is 11.1. The highest BCUT2D eigenvalue weighted by atomic mass is 16.5. The highest BCUT2D eigenvalue weighted by Crippen LogP contribution is 2.41. The van der Waals surface area contributed by atoms with Gasteiger partial charge in [-0.1, -0.05) is 63.2 Å². The van der Waals surface area contributed by atoms with Crippen LogP contribution in [0.25, 0.3) is 5.76 Å². The average molecular weight is 457 g/mol. The van der Waals surface area contributed by atoms with Crippen LogP contribution in [0.5, 0.6) is 5.75 Å². The maximum atomic E-state index is 13.2. The Kier molecular flexibility index (Phi) is 6.24. The molecule has 174 valence electrons. The molecule has 1 aliphatic rings. The first-order chi connectivity index (χ1) is 16.2. The molecule has 0 bridgehead atoms. The molecular formula is C28H28N2O4. The first-order valence-electron chi connectivity index (χ1n) is 11.1. The van der Waals surface area contributed by atoms with E-state index in [4.69, 9.17) is 4.74 Å². The summed E-state index contributed by atoms with van der Waals surface area (Å²) in [5, 5.41) is 11.2. The zero-order valence-electron chi connectivity index (χ0n) is 19.8. The molecule has 2 heterocycles. The molecule has 1 amide bonds. The molecule has 1 fully saturated rings. The molecule has 0 radical (unpaired) electrons. The summed E-state index contributed by atoms with van der Waals surface area (Å²) < 4.78 is 5.27. The lowest BCUT2D eigenvalue weighted by Crippen LogP contribution is -2.29. The quantitative estimate of drug-likeness (QED) is 0.332. The van der Waals surface area contributed by atoms with Crippen molar-refractivity contribution in [2.45, 2.75) is 38.8 Å². The van der Waals surface area contributed by atoms with Crippen molar-refractivity contribution in [1.82, 2.24) is 9.88 Å². The predicted molar refractivity (Wildman–Crippen MR) is 130 cm³/mol. The number of aliphatic hydroxyl groups is 1. The summed E-state index contributed by atoms with van der Waals surface area (Å²) in [4.78, 5) is 32.0. The largest absolute Gasteiger partial charge is 0.507 e. The smallest absolute Gasteiger partial charge is 0.295 e. The summed E-state index contributed by atoms with van der Waals surface area (Å²) in [6.07, 6.45) is 3.32. The summed E-state index contributed by atoms with van der Waals surface area (Å²) in [6.45, 7) is 6.57. The summed E-state index contributed by atoms with van der Waals surface area (Å²) in [7, 11) is 1.53. The van der Waals surface area contributed by atoms with Crippen molar-refractivity contribution in [3.63, 3.8) is 0 Å². The number of ketones is 1. The Hall–Kier alpha value is -3.93. The Bertz CT molecular complexity index is 1240. The van der Waals surface area contributed by atoms with Gasteiger partial charge in [-0.15, -0.1) is 0 Å². The second-order valence-electron chi connectivity index (χ2n) is 9.39. The van der Waals surface area contributed by atoms with Crippen LogP contribution in [-0.2, 0) is 21.5 Å². The van der Waals surface area contributed by atoms with E-state index in [1.54, 1.807) is 42.7 Å². The van der Waals surface area contributed by atoms with E-state index in [2.05, 4.69) is 25.8 Å². The van der Waals surface area contributed by atoms with Crippen molar-refractivity contribution in [2.24, 2.45) is 0 Å². The van der Waals surface area contributed by atoms with E-state index in [9.17, 15) is 14.7 Å². The third-order valence-electron chi connectivity index (χ3n) is 6.05. The number of Topliss-reactive ketones (excluding diaryl/α,β-unsaturated/α-hetero) is 1. The number of rotatable bonds is 5. The Morgan fingerprint density at radius 2 is 1.79 bits per heavy atom. The second kappa shape index (κ2) is 9.14. The van der Waals surface area contributed by atoms with Crippen molar-refractivity contribution in [3.8, 4) is 5.75 Å². The normalized spacial score (nSPS) is 17.8. The summed E-state index contributed by atoms with van der Waals surface area (Å²) in [5.74, 6) is -1.05. The highest BCUT2D eigenvalue weighted by molar-refractivity contribution is 6.46. The second-order valence-corrected chi connectivity index (χ2v) is 9.39. The van der Waals surface area contributed by atoms with E-state index in [1.165, 1.54) is 12.0 Å². The Morgan fingerprint density at radius 3 is 2.41 bits per heavy atom. The molecule has 1 atom stereocenters. The number of aliphatic hydroxyl groups excluding tert-OH is 1. The van der Waals surface area contributed by atoms with Crippen LogP contribution in [0.15, 0.2) is 78.6 Å². The van der Waals surface area contributed by atoms with Crippen LogP contribution in [0.1, 0.15) is 49.1 Å². The molecule has 3 aromatic rings. The van der Waals surface area contributed by atoms with Gasteiger partial charge in [0, 0.05) is 24.5 Å². The van der Waals surface area contributed by atoms with Crippen molar-refractivity contribution in [2.75, 3.05) is 7.11 Å². The van der Waals surface area contributed by atoms with Gasteiger partial charge in [0.25, 0.3) is 11.7 Å². The van der Waals surface area contributed by atoms with E-state index in [1.807, 2.05) is 30.3 Å². The molecule has 0 unspecified atom stereocenters. The number of hydrogen-bond donors (Lipinski definition) is 1. The summed E-state index contributed by atoms with van der Waals surface area (Å²) >= 11 is 0. The van der Waals surface area contributed by atoms with Crippen molar-refractivity contribution in [3.05, 3.63) is 101 Å². The van der Waals surface area contributed by atoms with Crippen LogP contribution in [-0.4, -0.2) is 33.8 Å². The summed E-state index contributed by atoms with van der Waals surface area (Å²) in [6, 6.07) is 17.6. The fraction of sp³-hybridized carbons (Fsp3) is 0.250. The zero-order chi connectivity index (χ0) is 24.5. The maximum Gasteiger partial charge on any atom is 0.295 e. The van der Waals surface area contributed by atoms with Crippen LogP contribution in [0.2, 0.25) is 0 Å². The molecule has 1 aromatic heterocycles. The number of carbonyl (C=O) groups is 2. The Morgan fingerprint density at radius 1 is 1.06 bits per heavy atom. The molecule has 6 heteroatoms. The lowest BCUT2D eigenvalue weighted by atomic mass is 9.85. The standard InChI is InChI=1S/C28H28N2O4/c1-28(2,3)21-12-10-19(11-13-21)24-23(25(31)20-8-5-9-22(15-20)34-4)26(32)27(33)30(24)17-18-7-6-14-29-16-18/h5-16,24,31H,17H2,1-4H3/t24-/m1/s1. The molecule has 6 nitrogen and oxygen atoms in total. The number of benzene rings is 2. The number of pyridine rings is 1. The number of hydrogen-bond acceptors (Lipinski definition) is 5. The molecule has 0 saturated carbocycles. The van der Waals surface area contributed by atoms with Crippen molar-refractivity contribution >= 4 is 17.4 Å². The van der Waals surface area contributed by atoms with E-state index in [0.29, 0.717) is 11.3 Å². The molecule has 4 rings (SSSR count). The SMILES string of the molecule is COc1cccc(C(O)=C2C(=O)C(=O)N(Cc3cccnc3)[C@@H]2c2ccc(C(C)(C)C)cc2)c1. The fourth-order valence-electron chi connectivity index (χ4n) is 4.17. The third kappa shape index (κ3) is 4.44. The molecule has 1 saturated heterocycles. The first kappa shape index (κ1) is 23.2. The number of nitrogens with zero attached hydrogens (tertiary/aromatic N) is 2. The van der Waals surface area contributed by atoms with Gasteiger partial charge in [-0.25, -0.2) is 0 Å². The van der Waals surface area contributed by atoms with Crippen LogP contribution < -0.4 is 4.74 Å². The predicted octanol–water partition coefficient (Wildman–Crippen LogP) is 5.01. The lowest BCUT2D eigenvalue weighted by molar-refractivity contribution is -0.140. The number of aromatic nitrogens is 1. The monoisotopic (exact) mass is 456 g/mol. The average Bonchev–Trinajstić information content (AvgIpc) is 3.08. The van der Waals surface area contributed by atoms with Crippen LogP contribution in [0, 0.1) is 0 Å². The molecule has 2 aromatic carbocycles. The van der Waals surface area contributed by atoms with E-state index >= 15 is 0 Å². The minimum Gasteiger partial charge on any atom is -0.507 e. The van der Waals surface area contributed by atoms with Gasteiger partial charge in [-0.2, -0.15) is 0 Å². The van der Waals surface area contributed by atoms with Gasteiger partial charge in [0.1, 0.15) is 11.5 Å². The van der Waals surface area contributed by atoms with Crippen LogP contribution >= 0.6 is 0 Å².